The molecule has 4 nitrogen and oxygen atoms in total. The lowest BCUT2D eigenvalue weighted by Gasteiger charge is -2.05. The van der Waals surface area contributed by atoms with Gasteiger partial charge in [0.2, 0.25) is 0 Å². The lowest BCUT2D eigenvalue weighted by Crippen LogP contribution is -2.12. The van der Waals surface area contributed by atoms with Crippen LogP contribution in [0, 0.1) is 0 Å². The first-order chi connectivity index (χ1) is 9.22. The molecule has 0 bridgehead atoms. The van der Waals surface area contributed by atoms with Crippen LogP contribution in [-0.2, 0) is 6.61 Å². The number of H-pyrrole nitrogens is 1. The van der Waals surface area contributed by atoms with E-state index >= 15 is 0 Å². The highest BCUT2D eigenvalue weighted by atomic mass is 35.5. The van der Waals surface area contributed by atoms with Crippen molar-refractivity contribution in [3.8, 4) is 5.75 Å². The molecule has 0 atom stereocenters. The summed E-state index contributed by atoms with van der Waals surface area (Å²) in [6, 6.07) is 8.90. The quantitative estimate of drug-likeness (QED) is 0.806. The fourth-order valence-corrected chi connectivity index (χ4v) is 2.60. The number of nitrogens with zero attached hydrogens (tertiary/aromatic N) is 1. The number of aromatic nitrogens is 2. The van der Waals surface area contributed by atoms with Gasteiger partial charge in [-0.3, -0.25) is 4.79 Å². The molecule has 0 aliphatic carbocycles. The van der Waals surface area contributed by atoms with E-state index in [9.17, 15) is 4.79 Å². The van der Waals surface area contributed by atoms with Crippen LogP contribution in [0.2, 0.25) is 5.02 Å². The summed E-state index contributed by atoms with van der Waals surface area (Å²) >= 11 is 7.24. The summed E-state index contributed by atoms with van der Waals surface area (Å²) in [5.74, 6) is 1.14. The van der Waals surface area contributed by atoms with Crippen molar-refractivity contribution in [3.05, 3.63) is 56.9 Å². The second-order valence-corrected chi connectivity index (χ2v) is 5.25. The predicted molar refractivity (Wildman–Crippen MR) is 76.0 cm³/mol. The maximum absolute atomic E-state index is 11.8. The maximum atomic E-state index is 11.8. The molecule has 0 radical (unpaired) electrons. The average Bonchev–Trinajstić information content (AvgIpc) is 2.85. The molecule has 2 aromatic heterocycles. The number of aromatic amines is 1. The Morgan fingerprint density at radius 3 is 3.11 bits per heavy atom. The molecule has 0 fully saturated rings. The molecule has 2 heterocycles. The van der Waals surface area contributed by atoms with Gasteiger partial charge in [0.05, 0.1) is 5.52 Å². The molecule has 0 spiro atoms. The number of halogens is 1. The van der Waals surface area contributed by atoms with Crippen LogP contribution in [-0.4, -0.2) is 9.97 Å². The zero-order valence-electron chi connectivity index (χ0n) is 9.72. The van der Waals surface area contributed by atoms with Gasteiger partial charge in [-0.1, -0.05) is 17.7 Å². The molecule has 0 saturated heterocycles. The molecule has 0 unspecified atom stereocenters. The van der Waals surface area contributed by atoms with Gasteiger partial charge in [-0.25, -0.2) is 4.98 Å². The largest absolute Gasteiger partial charge is 0.486 e. The highest BCUT2D eigenvalue weighted by Gasteiger charge is 2.05. The normalized spacial score (nSPS) is 10.8. The Hall–Kier alpha value is -1.85. The minimum atomic E-state index is -0.135. The summed E-state index contributed by atoms with van der Waals surface area (Å²) in [5, 5.41) is 2.45. The number of rotatable bonds is 3. The lowest BCUT2D eigenvalue weighted by molar-refractivity contribution is 0.296. The third-order valence-corrected chi connectivity index (χ3v) is 3.67. The molecule has 0 saturated carbocycles. The smallest absolute Gasteiger partial charge is 0.268 e. The summed E-state index contributed by atoms with van der Waals surface area (Å²) in [5.41, 5.74) is 0.558. The zero-order valence-corrected chi connectivity index (χ0v) is 11.3. The van der Waals surface area contributed by atoms with Gasteiger partial charge in [-0.15, -0.1) is 11.3 Å². The molecule has 0 amide bonds. The first-order valence-electron chi connectivity index (χ1n) is 5.57. The van der Waals surface area contributed by atoms with E-state index in [0.717, 1.165) is 0 Å². The van der Waals surface area contributed by atoms with Crippen LogP contribution in [0.5, 0.6) is 5.75 Å². The highest BCUT2D eigenvalue weighted by molar-refractivity contribution is 7.17. The Balaban J connectivity index is 1.83. The fourth-order valence-electron chi connectivity index (χ4n) is 1.70. The number of thiophene rings is 1. The van der Waals surface area contributed by atoms with E-state index in [4.69, 9.17) is 16.3 Å². The van der Waals surface area contributed by atoms with Gasteiger partial charge in [0.1, 0.15) is 22.9 Å². The average molecular weight is 293 g/mol. The number of nitrogens with one attached hydrogen (secondary N) is 1. The maximum Gasteiger partial charge on any atom is 0.268 e. The van der Waals surface area contributed by atoms with E-state index in [1.54, 1.807) is 24.3 Å². The molecule has 6 heteroatoms. The lowest BCUT2D eigenvalue weighted by atomic mass is 10.3. The second kappa shape index (κ2) is 5.03. The minimum absolute atomic E-state index is 0.135. The van der Waals surface area contributed by atoms with Crippen molar-refractivity contribution < 1.29 is 4.74 Å². The number of ether oxygens (including phenoxy) is 1. The Morgan fingerprint density at radius 1 is 1.37 bits per heavy atom. The van der Waals surface area contributed by atoms with Crippen LogP contribution in [0.1, 0.15) is 5.82 Å². The Kier molecular flexibility index (Phi) is 3.23. The molecule has 0 aliphatic rings. The Labute approximate surface area is 117 Å². The summed E-state index contributed by atoms with van der Waals surface area (Å²) in [6.07, 6.45) is 0. The van der Waals surface area contributed by atoms with Crippen LogP contribution < -0.4 is 10.3 Å². The molecule has 1 N–H and O–H groups in total. The number of hydrogen-bond acceptors (Lipinski definition) is 4. The first kappa shape index (κ1) is 12.2. The minimum Gasteiger partial charge on any atom is -0.486 e. The summed E-state index contributed by atoms with van der Waals surface area (Å²) < 4.78 is 6.17. The van der Waals surface area contributed by atoms with Gasteiger partial charge in [0.15, 0.2) is 0 Å². The van der Waals surface area contributed by atoms with E-state index < -0.39 is 0 Å². The van der Waals surface area contributed by atoms with E-state index in [2.05, 4.69) is 9.97 Å². The standard InChI is InChI=1S/C13H9ClN2O2S/c14-8-2-1-3-9(6-8)18-7-11-15-10-4-5-19-12(10)13(17)16-11/h1-6H,7H2,(H,15,16,17). The van der Waals surface area contributed by atoms with Crippen LogP contribution in [0.3, 0.4) is 0 Å². The van der Waals surface area contributed by atoms with Gasteiger partial charge >= 0.3 is 0 Å². The van der Waals surface area contributed by atoms with E-state index in [0.29, 0.717) is 26.8 Å². The van der Waals surface area contributed by atoms with Crippen LogP contribution in [0.4, 0.5) is 0 Å². The summed E-state index contributed by atoms with van der Waals surface area (Å²) in [4.78, 5) is 18.8. The van der Waals surface area contributed by atoms with Gasteiger partial charge in [0, 0.05) is 5.02 Å². The van der Waals surface area contributed by atoms with Crippen molar-refractivity contribution in [3.63, 3.8) is 0 Å². The predicted octanol–water partition coefficient (Wildman–Crippen LogP) is 3.22. The SMILES string of the molecule is O=c1[nH]c(COc2cccc(Cl)c2)nc2ccsc12. The molecular formula is C13H9ClN2O2S. The number of benzene rings is 1. The van der Waals surface area contributed by atoms with Crippen molar-refractivity contribution in [1.29, 1.82) is 0 Å². The van der Waals surface area contributed by atoms with Gasteiger partial charge in [0.25, 0.3) is 5.56 Å². The Bertz CT molecular complexity index is 781. The van der Waals surface area contributed by atoms with Crippen molar-refractivity contribution in [2.45, 2.75) is 6.61 Å². The number of fused-ring (bicyclic) bond motifs is 1. The Morgan fingerprint density at radius 2 is 2.26 bits per heavy atom. The molecule has 96 valence electrons. The molecule has 3 aromatic rings. The van der Waals surface area contributed by atoms with E-state index in [1.165, 1.54) is 11.3 Å². The second-order valence-electron chi connectivity index (χ2n) is 3.89. The van der Waals surface area contributed by atoms with Crippen LogP contribution in [0.15, 0.2) is 40.5 Å². The van der Waals surface area contributed by atoms with Crippen molar-refractivity contribution in [1.82, 2.24) is 9.97 Å². The van der Waals surface area contributed by atoms with Gasteiger partial charge in [-0.05, 0) is 29.6 Å². The molecule has 3 rings (SSSR count). The van der Waals surface area contributed by atoms with Gasteiger partial charge in [-0.2, -0.15) is 0 Å². The topological polar surface area (TPSA) is 55.0 Å². The summed E-state index contributed by atoms with van der Waals surface area (Å²) in [6.45, 7) is 0.196. The zero-order chi connectivity index (χ0) is 13.2. The monoisotopic (exact) mass is 292 g/mol. The third kappa shape index (κ3) is 2.62. The number of hydrogen-bond donors (Lipinski definition) is 1. The van der Waals surface area contributed by atoms with Crippen molar-refractivity contribution >= 4 is 33.2 Å². The fraction of sp³-hybridized carbons (Fsp3) is 0.0769. The van der Waals surface area contributed by atoms with Crippen molar-refractivity contribution in [2.24, 2.45) is 0 Å². The first-order valence-corrected chi connectivity index (χ1v) is 6.83. The van der Waals surface area contributed by atoms with E-state index in [-0.39, 0.29) is 12.2 Å². The molecular weight excluding hydrogens is 284 g/mol. The molecule has 19 heavy (non-hydrogen) atoms. The molecule has 0 aliphatic heterocycles. The summed E-state index contributed by atoms with van der Waals surface area (Å²) in [7, 11) is 0. The van der Waals surface area contributed by atoms with Crippen LogP contribution >= 0.6 is 22.9 Å². The van der Waals surface area contributed by atoms with Crippen molar-refractivity contribution in [2.75, 3.05) is 0 Å². The molecule has 1 aromatic carbocycles. The third-order valence-electron chi connectivity index (χ3n) is 2.54. The van der Waals surface area contributed by atoms with Crippen LogP contribution in [0.25, 0.3) is 10.2 Å². The van der Waals surface area contributed by atoms with Gasteiger partial charge < -0.3 is 9.72 Å². The van der Waals surface area contributed by atoms with E-state index in [1.807, 2.05) is 11.4 Å². The highest BCUT2D eigenvalue weighted by Crippen LogP contribution is 2.18.